The molecule has 1 aliphatic rings. The molecule has 0 spiro atoms. The Labute approximate surface area is 166 Å². The lowest BCUT2D eigenvalue weighted by atomic mass is 9.74. The van der Waals surface area contributed by atoms with Gasteiger partial charge in [0, 0.05) is 31.6 Å². The predicted molar refractivity (Wildman–Crippen MR) is 107 cm³/mol. The molecule has 0 aromatic heterocycles. The second kappa shape index (κ2) is 9.69. The fourth-order valence-corrected chi connectivity index (χ4v) is 3.63. The molecule has 1 amide bonds. The number of hydrogen-bond donors (Lipinski definition) is 1. The molecule has 0 bridgehead atoms. The minimum Gasteiger partial charge on any atom is -0.494 e. The van der Waals surface area contributed by atoms with Gasteiger partial charge < -0.3 is 14.8 Å². The lowest BCUT2D eigenvalue weighted by Crippen LogP contribution is -2.44. The van der Waals surface area contributed by atoms with Gasteiger partial charge in [-0.2, -0.15) is 0 Å². The number of carbonyl (C=O) groups is 1. The van der Waals surface area contributed by atoms with Crippen molar-refractivity contribution in [3.8, 4) is 5.75 Å². The fourth-order valence-electron chi connectivity index (χ4n) is 3.63. The van der Waals surface area contributed by atoms with E-state index in [0.717, 1.165) is 29.7 Å². The molecule has 0 unspecified atom stereocenters. The molecule has 2 aromatic rings. The standard InChI is InChI=1S/C23H28FNO3/c1-18-5-2-8-21(15-18)28-12-4-9-22(26)25-17-23(10-13-27-14-11-23)19-6-3-7-20(24)16-19/h2-3,5-8,15-16H,4,9-14,17H2,1H3,(H,25,26). The number of aryl methyl sites for hydroxylation is 1. The first-order valence-corrected chi connectivity index (χ1v) is 9.87. The van der Waals surface area contributed by atoms with Crippen molar-refractivity contribution in [2.75, 3.05) is 26.4 Å². The quantitative estimate of drug-likeness (QED) is 0.694. The molecule has 1 aliphatic heterocycles. The summed E-state index contributed by atoms with van der Waals surface area (Å²) in [5.74, 6) is 0.575. The highest BCUT2D eigenvalue weighted by molar-refractivity contribution is 5.76. The van der Waals surface area contributed by atoms with Gasteiger partial charge in [0.15, 0.2) is 0 Å². The maximum absolute atomic E-state index is 13.7. The highest BCUT2D eigenvalue weighted by atomic mass is 19.1. The first-order chi connectivity index (χ1) is 13.6. The third kappa shape index (κ3) is 5.55. The van der Waals surface area contributed by atoms with Gasteiger partial charge in [-0.25, -0.2) is 4.39 Å². The third-order valence-electron chi connectivity index (χ3n) is 5.32. The molecule has 28 heavy (non-hydrogen) atoms. The van der Waals surface area contributed by atoms with E-state index in [9.17, 15) is 9.18 Å². The van der Waals surface area contributed by atoms with Gasteiger partial charge in [0.25, 0.3) is 0 Å². The van der Waals surface area contributed by atoms with Crippen molar-refractivity contribution in [2.45, 2.75) is 38.0 Å². The molecule has 0 radical (unpaired) electrons. The van der Waals surface area contributed by atoms with Gasteiger partial charge in [-0.05, 0) is 61.6 Å². The summed E-state index contributed by atoms with van der Waals surface area (Å²) in [5, 5.41) is 3.05. The molecule has 150 valence electrons. The summed E-state index contributed by atoms with van der Waals surface area (Å²) in [6, 6.07) is 14.6. The molecular formula is C23H28FNO3. The van der Waals surface area contributed by atoms with Gasteiger partial charge >= 0.3 is 0 Å². The molecule has 1 heterocycles. The smallest absolute Gasteiger partial charge is 0.220 e. The Balaban J connectivity index is 1.48. The molecule has 0 saturated carbocycles. The summed E-state index contributed by atoms with van der Waals surface area (Å²) < 4.78 is 24.9. The van der Waals surface area contributed by atoms with Crippen LogP contribution in [0.15, 0.2) is 48.5 Å². The zero-order chi connectivity index (χ0) is 19.8. The van der Waals surface area contributed by atoms with Crippen LogP contribution >= 0.6 is 0 Å². The van der Waals surface area contributed by atoms with Crippen molar-refractivity contribution in [2.24, 2.45) is 0 Å². The Hall–Kier alpha value is -2.40. The summed E-state index contributed by atoms with van der Waals surface area (Å²) in [7, 11) is 0. The van der Waals surface area contributed by atoms with Crippen LogP contribution in [-0.2, 0) is 14.9 Å². The largest absolute Gasteiger partial charge is 0.494 e. The van der Waals surface area contributed by atoms with Gasteiger partial charge in [-0.1, -0.05) is 24.3 Å². The lowest BCUT2D eigenvalue weighted by molar-refractivity contribution is -0.121. The van der Waals surface area contributed by atoms with E-state index in [-0.39, 0.29) is 17.1 Å². The van der Waals surface area contributed by atoms with E-state index < -0.39 is 0 Å². The average Bonchev–Trinajstić information content (AvgIpc) is 2.70. The number of carbonyl (C=O) groups excluding carboxylic acids is 1. The van der Waals surface area contributed by atoms with Crippen LogP contribution in [0.2, 0.25) is 0 Å². The monoisotopic (exact) mass is 385 g/mol. The number of rotatable bonds is 8. The van der Waals surface area contributed by atoms with E-state index >= 15 is 0 Å². The maximum atomic E-state index is 13.7. The van der Waals surface area contributed by atoms with Crippen LogP contribution in [0.5, 0.6) is 5.75 Å². The first-order valence-electron chi connectivity index (χ1n) is 9.87. The van der Waals surface area contributed by atoms with Gasteiger partial charge in [-0.3, -0.25) is 4.79 Å². The van der Waals surface area contributed by atoms with Crippen LogP contribution in [0.25, 0.3) is 0 Å². The average molecular weight is 385 g/mol. The highest BCUT2D eigenvalue weighted by Gasteiger charge is 2.35. The molecule has 0 atom stereocenters. The molecule has 1 N–H and O–H groups in total. The summed E-state index contributed by atoms with van der Waals surface area (Å²) >= 11 is 0. The van der Waals surface area contributed by atoms with Crippen molar-refractivity contribution in [3.63, 3.8) is 0 Å². The number of halogens is 1. The molecule has 5 heteroatoms. The summed E-state index contributed by atoms with van der Waals surface area (Å²) in [4.78, 5) is 12.3. The molecule has 2 aromatic carbocycles. The van der Waals surface area contributed by atoms with Crippen LogP contribution in [0.1, 0.15) is 36.8 Å². The van der Waals surface area contributed by atoms with Crippen molar-refractivity contribution >= 4 is 5.91 Å². The summed E-state index contributed by atoms with van der Waals surface area (Å²) in [6.07, 6.45) is 2.60. The minimum atomic E-state index is -0.270. The number of ether oxygens (including phenoxy) is 2. The Kier molecular flexibility index (Phi) is 7.04. The van der Waals surface area contributed by atoms with Crippen LogP contribution in [0.3, 0.4) is 0 Å². The Morgan fingerprint density at radius 3 is 2.71 bits per heavy atom. The second-order valence-electron chi connectivity index (χ2n) is 7.45. The van der Waals surface area contributed by atoms with Crippen molar-refractivity contribution in [1.82, 2.24) is 5.32 Å². The normalized spacial score (nSPS) is 15.8. The molecule has 3 rings (SSSR count). The van der Waals surface area contributed by atoms with Crippen molar-refractivity contribution in [3.05, 3.63) is 65.5 Å². The first kappa shape index (κ1) is 20.3. The fraction of sp³-hybridized carbons (Fsp3) is 0.435. The van der Waals surface area contributed by atoms with Gasteiger partial charge in [0.1, 0.15) is 11.6 Å². The van der Waals surface area contributed by atoms with Crippen molar-refractivity contribution < 1.29 is 18.7 Å². The summed E-state index contributed by atoms with van der Waals surface area (Å²) in [6.45, 7) is 4.26. The van der Waals surface area contributed by atoms with Crippen molar-refractivity contribution in [1.29, 1.82) is 0 Å². The van der Waals surface area contributed by atoms with E-state index in [1.54, 1.807) is 12.1 Å². The van der Waals surface area contributed by atoms with Crippen LogP contribution in [0.4, 0.5) is 4.39 Å². The highest BCUT2D eigenvalue weighted by Crippen LogP contribution is 2.34. The zero-order valence-corrected chi connectivity index (χ0v) is 16.4. The molecule has 1 saturated heterocycles. The topological polar surface area (TPSA) is 47.6 Å². The SMILES string of the molecule is Cc1cccc(OCCCC(=O)NCC2(c3cccc(F)c3)CCOCC2)c1. The van der Waals surface area contributed by atoms with E-state index in [0.29, 0.717) is 39.2 Å². The number of nitrogens with one attached hydrogen (secondary N) is 1. The van der Waals surface area contributed by atoms with Gasteiger partial charge in [0.05, 0.1) is 6.61 Å². The molecular weight excluding hydrogens is 357 g/mol. The van der Waals surface area contributed by atoms with Gasteiger partial charge in [0.2, 0.25) is 5.91 Å². The van der Waals surface area contributed by atoms with E-state index in [2.05, 4.69) is 5.32 Å². The second-order valence-corrected chi connectivity index (χ2v) is 7.45. The maximum Gasteiger partial charge on any atom is 0.220 e. The lowest BCUT2D eigenvalue weighted by Gasteiger charge is -2.38. The van der Waals surface area contributed by atoms with Crippen LogP contribution in [0, 0.1) is 12.7 Å². The Morgan fingerprint density at radius 1 is 1.18 bits per heavy atom. The van der Waals surface area contributed by atoms with E-state index in [4.69, 9.17) is 9.47 Å². The minimum absolute atomic E-state index is 0.00453. The molecule has 0 aliphatic carbocycles. The Morgan fingerprint density at radius 2 is 1.96 bits per heavy atom. The van der Waals surface area contributed by atoms with Crippen LogP contribution in [-0.4, -0.2) is 32.3 Å². The Bertz CT molecular complexity index is 787. The van der Waals surface area contributed by atoms with E-state index in [1.165, 1.54) is 6.07 Å². The predicted octanol–water partition coefficient (Wildman–Crippen LogP) is 4.16. The van der Waals surface area contributed by atoms with Crippen LogP contribution < -0.4 is 10.1 Å². The summed E-state index contributed by atoms with van der Waals surface area (Å²) in [5.41, 5.74) is 1.81. The zero-order valence-electron chi connectivity index (χ0n) is 16.4. The van der Waals surface area contributed by atoms with E-state index in [1.807, 2.05) is 37.3 Å². The molecule has 1 fully saturated rings. The number of benzene rings is 2. The van der Waals surface area contributed by atoms with Gasteiger partial charge in [-0.15, -0.1) is 0 Å². The number of amides is 1. The third-order valence-corrected chi connectivity index (χ3v) is 5.32. The molecule has 4 nitrogen and oxygen atoms in total. The number of hydrogen-bond acceptors (Lipinski definition) is 3.